The van der Waals surface area contributed by atoms with E-state index in [9.17, 15) is 0 Å². The molecule has 2 heterocycles. The van der Waals surface area contributed by atoms with E-state index in [2.05, 4.69) is 171 Å². The molecule has 2 atom stereocenters. The number of hydrogen-bond acceptors (Lipinski definition) is 1. The Morgan fingerprint density at radius 2 is 1.44 bits per heavy atom. The molecule has 2 unspecified atom stereocenters. The lowest BCUT2D eigenvalue weighted by Gasteiger charge is -2.28. The van der Waals surface area contributed by atoms with Gasteiger partial charge in [0.15, 0.2) is 12.3 Å². The van der Waals surface area contributed by atoms with Gasteiger partial charge < -0.3 is 4.90 Å². The molecule has 0 aromatic heterocycles. The number of benzene rings is 5. The Morgan fingerprint density at radius 3 is 2.17 bits per heavy atom. The van der Waals surface area contributed by atoms with Crippen LogP contribution in [-0.4, -0.2) is 17.3 Å². The summed E-state index contributed by atoms with van der Waals surface area (Å²) >= 11 is 13.5. The summed E-state index contributed by atoms with van der Waals surface area (Å²) in [6, 6.07) is 38.8. The third-order valence-electron chi connectivity index (χ3n) is 10.4. The first-order valence-electron chi connectivity index (χ1n) is 16.7. The van der Waals surface area contributed by atoms with Gasteiger partial charge in [-0.2, -0.15) is 4.58 Å². The number of rotatable bonds is 8. The molecule has 7 rings (SSSR count). The molecular formula is C44H41Cl2N2+. The highest BCUT2D eigenvalue weighted by Crippen LogP contribution is 2.52. The van der Waals surface area contributed by atoms with Gasteiger partial charge in [0.25, 0.3) is 0 Å². The molecule has 0 radical (unpaired) electrons. The zero-order chi connectivity index (χ0) is 33.5. The molecule has 0 aliphatic carbocycles. The van der Waals surface area contributed by atoms with E-state index in [0.29, 0.717) is 10.0 Å². The van der Waals surface area contributed by atoms with Crippen molar-refractivity contribution in [2.75, 3.05) is 11.9 Å². The zero-order valence-corrected chi connectivity index (χ0v) is 29.6. The van der Waals surface area contributed by atoms with Crippen LogP contribution in [0.15, 0.2) is 145 Å². The molecule has 0 N–H and O–H groups in total. The zero-order valence-electron chi connectivity index (χ0n) is 28.1. The standard InChI is InChI=1S/C44H41Cl2N2/c1-5-6-26-43(2)40(47(4)38-25-24-33-20-13-14-21-34(33)42(38)43)22-15-23-41-44(3,29-31-16-9-7-10-17-31)35-27-36(45)37(46)28-39(35)48(41)30-32-18-11-8-12-19-32/h5-25,27-28H,26,29-30H2,1-4H3/q+1/b6-5+. The Labute approximate surface area is 295 Å². The van der Waals surface area contributed by atoms with Gasteiger partial charge in [-0.25, -0.2) is 0 Å². The van der Waals surface area contributed by atoms with E-state index >= 15 is 0 Å². The van der Waals surface area contributed by atoms with Crippen molar-refractivity contribution in [2.24, 2.45) is 0 Å². The second-order valence-corrected chi connectivity index (χ2v) is 14.3. The fourth-order valence-electron chi connectivity index (χ4n) is 8.00. The molecule has 48 heavy (non-hydrogen) atoms. The summed E-state index contributed by atoms with van der Waals surface area (Å²) in [5, 5.41) is 3.75. The van der Waals surface area contributed by atoms with Gasteiger partial charge in [-0.05, 0) is 73.7 Å². The molecule has 4 heteroatoms. The molecule has 0 fully saturated rings. The van der Waals surface area contributed by atoms with Crippen molar-refractivity contribution in [1.82, 2.24) is 0 Å². The maximum Gasteiger partial charge on any atom is 0.211 e. The molecule has 2 nitrogen and oxygen atoms in total. The van der Waals surface area contributed by atoms with E-state index in [0.717, 1.165) is 25.1 Å². The predicted molar refractivity (Wildman–Crippen MR) is 205 cm³/mol. The van der Waals surface area contributed by atoms with Crippen LogP contribution in [0.1, 0.15) is 49.4 Å². The van der Waals surface area contributed by atoms with Gasteiger partial charge >= 0.3 is 0 Å². The van der Waals surface area contributed by atoms with E-state index in [-0.39, 0.29) is 10.8 Å². The Morgan fingerprint density at radius 1 is 0.771 bits per heavy atom. The van der Waals surface area contributed by atoms with Crippen LogP contribution >= 0.6 is 23.2 Å². The summed E-state index contributed by atoms with van der Waals surface area (Å²) in [6.07, 6.45) is 13.1. The highest BCUT2D eigenvalue weighted by atomic mass is 35.5. The van der Waals surface area contributed by atoms with Crippen LogP contribution in [0.5, 0.6) is 0 Å². The number of allylic oxidation sites excluding steroid dienone is 6. The monoisotopic (exact) mass is 667 g/mol. The lowest BCUT2D eigenvalue weighted by atomic mass is 9.74. The maximum absolute atomic E-state index is 6.75. The lowest BCUT2D eigenvalue weighted by molar-refractivity contribution is -0.455. The van der Waals surface area contributed by atoms with Crippen molar-refractivity contribution in [3.63, 3.8) is 0 Å². The predicted octanol–water partition coefficient (Wildman–Crippen LogP) is 11.8. The number of nitrogens with zero attached hydrogens (tertiary/aromatic N) is 2. The molecule has 5 aromatic carbocycles. The Hall–Kier alpha value is -4.37. The lowest BCUT2D eigenvalue weighted by Crippen LogP contribution is -2.33. The minimum Gasteiger partial charge on any atom is -0.347 e. The summed E-state index contributed by atoms with van der Waals surface area (Å²) in [6.45, 7) is 7.58. The molecule has 0 saturated carbocycles. The van der Waals surface area contributed by atoms with Gasteiger partial charge in [0.05, 0.1) is 15.5 Å². The van der Waals surface area contributed by atoms with Crippen molar-refractivity contribution < 1.29 is 4.58 Å². The molecular weight excluding hydrogens is 627 g/mol. The van der Waals surface area contributed by atoms with Gasteiger partial charge in [0.2, 0.25) is 5.69 Å². The minimum atomic E-state index is -0.344. The van der Waals surface area contributed by atoms with Gasteiger partial charge in [-0.3, -0.25) is 0 Å². The van der Waals surface area contributed by atoms with Crippen molar-refractivity contribution >= 4 is 51.1 Å². The topological polar surface area (TPSA) is 6.25 Å². The van der Waals surface area contributed by atoms with Crippen LogP contribution in [-0.2, 0) is 23.8 Å². The quantitative estimate of drug-likeness (QED) is 0.118. The normalized spacial score (nSPS) is 21.3. The van der Waals surface area contributed by atoms with E-state index in [1.165, 1.54) is 50.1 Å². The van der Waals surface area contributed by atoms with Crippen LogP contribution in [0.2, 0.25) is 10.0 Å². The average molecular weight is 669 g/mol. The summed E-state index contributed by atoms with van der Waals surface area (Å²) in [5.41, 5.74) is 9.44. The number of halogens is 2. The Balaban J connectivity index is 1.40. The summed E-state index contributed by atoms with van der Waals surface area (Å²) in [5.74, 6) is 0. The number of hydrogen-bond donors (Lipinski definition) is 0. The van der Waals surface area contributed by atoms with Gasteiger partial charge in [0.1, 0.15) is 0 Å². The molecule has 5 aromatic rings. The van der Waals surface area contributed by atoms with Crippen LogP contribution in [0.4, 0.5) is 11.4 Å². The van der Waals surface area contributed by atoms with Crippen molar-refractivity contribution in [3.05, 3.63) is 178 Å². The van der Waals surface area contributed by atoms with Crippen molar-refractivity contribution in [2.45, 2.75) is 51.0 Å². The van der Waals surface area contributed by atoms with Crippen molar-refractivity contribution in [3.8, 4) is 0 Å². The van der Waals surface area contributed by atoms with Crippen LogP contribution < -0.4 is 4.90 Å². The van der Waals surface area contributed by atoms with E-state index in [1.807, 2.05) is 6.07 Å². The molecule has 0 spiro atoms. The number of likely N-dealkylation sites (N-methyl/N-ethyl adjacent to an activating group) is 1. The fraction of sp³-hybridized carbons (Fsp3) is 0.205. The van der Waals surface area contributed by atoms with E-state index < -0.39 is 0 Å². The highest BCUT2D eigenvalue weighted by Gasteiger charge is 2.48. The summed E-state index contributed by atoms with van der Waals surface area (Å²) in [7, 11) is 2.21. The van der Waals surface area contributed by atoms with Crippen LogP contribution in [0.3, 0.4) is 0 Å². The third kappa shape index (κ3) is 5.51. The SMILES string of the molecule is C/C=C/CC1(C)C(=CC=CC2=[N+](Cc3ccccc3)c3cc(Cl)c(Cl)cc3C2(C)Cc2ccccc2)N(C)c2ccc3ccccc3c21. The van der Waals surface area contributed by atoms with Gasteiger partial charge in [-0.15, -0.1) is 0 Å². The number of anilines is 1. The van der Waals surface area contributed by atoms with E-state index in [1.54, 1.807) is 0 Å². The second-order valence-electron chi connectivity index (χ2n) is 13.5. The summed E-state index contributed by atoms with van der Waals surface area (Å²) in [4.78, 5) is 2.38. The van der Waals surface area contributed by atoms with Crippen LogP contribution in [0, 0.1) is 0 Å². The van der Waals surface area contributed by atoms with Gasteiger partial charge in [0, 0.05) is 47.1 Å². The second kappa shape index (κ2) is 12.9. The first kappa shape index (κ1) is 32.2. The van der Waals surface area contributed by atoms with E-state index in [4.69, 9.17) is 23.2 Å². The fourth-order valence-corrected chi connectivity index (χ4v) is 8.32. The van der Waals surface area contributed by atoms with Crippen LogP contribution in [0.25, 0.3) is 10.8 Å². The smallest absolute Gasteiger partial charge is 0.211 e. The first-order valence-corrected chi connectivity index (χ1v) is 17.5. The average Bonchev–Trinajstić information content (AvgIpc) is 3.44. The molecule has 0 amide bonds. The highest BCUT2D eigenvalue weighted by molar-refractivity contribution is 6.42. The first-order chi connectivity index (χ1) is 23.2. The molecule has 2 aliphatic rings. The third-order valence-corrected chi connectivity index (χ3v) is 11.1. The van der Waals surface area contributed by atoms with Crippen molar-refractivity contribution in [1.29, 1.82) is 0 Å². The molecule has 2 aliphatic heterocycles. The largest absolute Gasteiger partial charge is 0.347 e. The Bertz CT molecular complexity index is 2130. The summed E-state index contributed by atoms with van der Waals surface area (Å²) < 4.78 is 2.43. The maximum atomic E-state index is 6.75. The molecule has 240 valence electrons. The van der Waals surface area contributed by atoms with Gasteiger partial charge in [-0.1, -0.05) is 132 Å². The Kier molecular flexibility index (Phi) is 8.66. The minimum absolute atomic E-state index is 0.191. The molecule has 0 bridgehead atoms. The molecule has 0 saturated heterocycles. The number of fused-ring (bicyclic) bond motifs is 4.